The lowest BCUT2D eigenvalue weighted by molar-refractivity contribution is -0.143. The Hall–Kier alpha value is -1.62. The average molecular weight is 302 g/mol. The Balaban J connectivity index is 2.87. The molecule has 0 N–H and O–H groups in total. The fraction of sp³-hybridized carbons (Fsp3) is 0.429. The fourth-order valence-corrected chi connectivity index (χ4v) is 1.88. The van der Waals surface area contributed by atoms with E-state index in [1.807, 2.05) is 6.92 Å². The van der Waals surface area contributed by atoms with Crippen LogP contribution in [0, 0.1) is 5.82 Å². The lowest BCUT2D eigenvalue weighted by atomic mass is 10.2. The minimum Gasteiger partial charge on any atom is -0.465 e. The van der Waals surface area contributed by atoms with E-state index in [1.165, 1.54) is 17.0 Å². The highest BCUT2D eigenvalue weighted by molar-refractivity contribution is 6.31. The van der Waals surface area contributed by atoms with Gasteiger partial charge < -0.3 is 9.64 Å². The average Bonchev–Trinajstić information content (AvgIpc) is 2.41. The Morgan fingerprint density at radius 1 is 1.35 bits per heavy atom. The minimum absolute atomic E-state index is 0.122. The van der Waals surface area contributed by atoms with Crippen molar-refractivity contribution in [1.82, 2.24) is 4.90 Å². The first-order valence-electron chi connectivity index (χ1n) is 6.39. The fourth-order valence-electron chi connectivity index (χ4n) is 1.70. The summed E-state index contributed by atoms with van der Waals surface area (Å²) in [6.07, 6.45) is 0.695. The van der Waals surface area contributed by atoms with E-state index in [4.69, 9.17) is 16.3 Å². The summed E-state index contributed by atoms with van der Waals surface area (Å²) in [4.78, 5) is 25.1. The topological polar surface area (TPSA) is 46.6 Å². The summed E-state index contributed by atoms with van der Waals surface area (Å²) in [5, 5.41) is -0.122. The van der Waals surface area contributed by atoms with Crippen molar-refractivity contribution in [3.8, 4) is 0 Å². The zero-order chi connectivity index (χ0) is 15.1. The largest absolute Gasteiger partial charge is 0.465 e. The smallest absolute Gasteiger partial charge is 0.325 e. The van der Waals surface area contributed by atoms with Crippen molar-refractivity contribution in [2.24, 2.45) is 0 Å². The molecule has 0 aromatic heterocycles. The SMILES string of the molecule is CCCN(CC(=O)OCC)C(=O)c1ccc(F)c(Cl)c1. The van der Waals surface area contributed by atoms with E-state index in [0.717, 1.165) is 6.07 Å². The number of carbonyl (C=O) groups excluding carboxylic acids is 2. The summed E-state index contributed by atoms with van der Waals surface area (Å²) < 4.78 is 17.9. The third kappa shape index (κ3) is 4.49. The van der Waals surface area contributed by atoms with Crippen molar-refractivity contribution in [2.75, 3.05) is 19.7 Å². The number of hydrogen-bond donors (Lipinski definition) is 0. The van der Waals surface area contributed by atoms with Gasteiger partial charge in [-0.2, -0.15) is 0 Å². The van der Waals surface area contributed by atoms with Gasteiger partial charge in [0.15, 0.2) is 0 Å². The highest BCUT2D eigenvalue weighted by Crippen LogP contribution is 2.17. The lowest BCUT2D eigenvalue weighted by Gasteiger charge is -2.21. The third-order valence-corrected chi connectivity index (χ3v) is 2.86. The van der Waals surface area contributed by atoms with Gasteiger partial charge in [-0.15, -0.1) is 0 Å². The van der Waals surface area contributed by atoms with Crippen molar-refractivity contribution < 1.29 is 18.7 Å². The zero-order valence-corrected chi connectivity index (χ0v) is 12.2. The Morgan fingerprint density at radius 3 is 2.60 bits per heavy atom. The molecule has 0 saturated heterocycles. The predicted octanol–water partition coefficient (Wildman–Crippen LogP) is 2.89. The van der Waals surface area contributed by atoms with Crippen LogP contribution in [0.15, 0.2) is 18.2 Å². The monoisotopic (exact) mass is 301 g/mol. The highest BCUT2D eigenvalue weighted by atomic mass is 35.5. The number of nitrogens with zero attached hydrogens (tertiary/aromatic N) is 1. The van der Waals surface area contributed by atoms with E-state index < -0.39 is 11.8 Å². The van der Waals surface area contributed by atoms with Gasteiger partial charge in [-0.25, -0.2) is 4.39 Å². The highest BCUT2D eigenvalue weighted by Gasteiger charge is 2.19. The van der Waals surface area contributed by atoms with E-state index in [9.17, 15) is 14.0 Å². The molecule has 0 aliphatic carbocycles. The maximum Gasteiger partial charge on any atom is 0.325 e. The van der Waals surface area contributed by atoms with Crippen LogP contribution >= 0.6 is 11.6 Å². The number of carbonyl (C=O) groups is 2. The quantitative estimate of drug-likeness (QED) is 0.759. The van der Waals surface area contributed by atoms with Gasteiger partial charge in [0.25, 0.3) is 5.91 Å². The van der Waals surface area contributed by atoms with Crippen LogP contribution in [0.4, 0.5) is 4.39 Å². The number of benzene rings is 1. The molecule has 0 atom stereocenters. The first-order valence-corrected chi connectivity index (χ1v) is 6.77. The second kappa shape index (κ2) is 7.85. The van der Waals surface area contributed by atoms with Gasteiger partial charge in [-0.05, 0) is 31.5 Å². The second-order valence-electron chi connectivity index (χ2n) is 4.16. The van der Waals surface area contributed by atoms with Gasteiger partial charge in [0.1, 0.15) is 12.4 Å². The molecule has 0 bridgehead atoms. The van der Waals surface area contributed by atoms with E-state index in [-0.39, 0.29) is 29.6 Å². The van der Waals surface area contributed by atoms with E-state index in [0.29, 0.717) is 13.0 Å². The van der Waals surface area contributed by atoms with Crippen LogP contribution in [0.2, 0.25) is 5.02 Å². The van der Waals surface area contributed by atoms with Crippen molar-refractivity contribution in [3.05, 3.63) is 34.6 Å². The minimum atomic E-state index is -0.587. The van der Waals surface area contributed by atoms with Crippen LogP contribution < -0.4 is 0 Å². The van der Waals surface area contributed by atoms with Gasteiger partial charge >= 0.3 is 5.97 Å². The lowest BCUT2D eigenvalue weighted by Crippen LogP contribution is -2.37. The van der Waals surface area contributed by atoms with Crippen molar-refractivity contribution in [1.29, 1.82) is 0 Å². The number of rotatable bonds is 6. The van der Waals surface area contributed by atoms with Crippen LogP contribution in [0.5, 0.6) is 0 Å². The second-order valence-corrected chi connectivity index (χ2v) is 4.57. The molecule has 0 radical (unpaired) electrons. The molecule has 110 valence electrons. The molecule has 0 unspecified atom stereocenters. The molecule has 6 heteroatoms. The molecule has 20 heavy (non-hydrogen) atoms. The van der Waals surface area contributed by atoms with E-state index in [2.05, 4.69) is 0 Å². The van der Waals surface area contributed by atoms with Crippen molar-refractivity contribution in [3.63, 3.8) is 0 Å². The Kier molecular flexibility index (Phi) is 6.45. The van der Waals surface area contributed by atoms with Gasteiger partial charge in [0, 0.05) is 12.1 Å². The summed E-state index contributed by atoms with van der Waals surface area (Å²) in [7, 11) is 0. The Bertz CT molecular complexity index is 493. The Morgan fingerprint density at radius 2 is 2.05 bits per heavy atom. The number of halogens is 2. The van der Waals surface area contributed by atoms with Gasteiger partial charge in [0.2, 0.25) is 0 Å². The maximum atomic E-state index is 13.1. The molecule has 1 rings (SSSR count). The summed E-state index contributed by atoms with van der Waals surface area (Å²) >= 11 is 5.66. The molecule has 0 aliphatic rings. The van der Waals surface area contributed by atoms with E-state index >= 15 is 0 Å². The zero-order valence-electron chi connectivity index (χ0n) is 11.5. The number of esters is 1. The molecule has 1 aromatic rings. The van der Waals surface area contributed by atoms with Crippen LogP contribution in [0.1, 0.15) is 30.6 Å². The van der Waals surface area contributed by atoms with Gasteiger partial charge in [-0.1, -0.05) is 18.5 Å². The van der Waals surface area contributed by atoms with Crippen LogP contribution in [0.3, 0.4) is 0 Å². The summed E-state index contributed by atoms with van der Waals surface area (Å²) in [6.45, 7) is 4.13. The molecule has 0 fully saturated rings. The van der Waals surface area contributed by atoms with Crippen LogP contribution in [-0.4, -0.2) is 36.5 Å². The summed E-state index contributed by atoms with van der Waals surface area (Å²) in [5.41, 5.74) is 0.245. The molecule has 0 heterocycles. The number of ether oxygens (including phenoxy) is 1. The standard InChI is InChI=1S/C14H17ClFNO3/c1-3-7-17(9-13(18)20-4-2)14(19)10-5-6-12(16)11(15)8-10/h5-6,8H,3-4,7,9H2,1-2H3. The van der Waals surface area contributed by atoms with Gasteiger partial charge in [0.05, 0.1) is 11.6 Å². The first kappa shape index (κ1) is 16.4. The predicted molar refractivity (Wildman–Crippen MR) is 74.2 cm³/mol. The molecule has 4 nitrogen and oxygen atoms in total. The Labute approximate surface area is 122 Å². The van der Waals surface area contributed by atoms with Crippen LogP contribution in [0.25, 0.3) is 0 Å². The first-order chi connectivity index (χ1) is 9.49. The summed E-state index contributed by atoms with van der Waals surface area (Å²) in [5.74, 6) is -1.43. The maximum absolute atomic E-state index is 13.1. The number of hydrogen-bond acceptors (Lipinski definition) is 3. The molecule has 0 aliphatic heterocycles. The summed E-state index contributed by atoms with van der Waals surface area (Å²) in [6, 6.07) is 3.73. The normalized spacial score (nSPS) is 10.2. The van der Waals surface area contributed by atoms with Crippen molar-refractivity contribution in [2.45, 2.75) is 20.3 Å². The molecule has 0 spiro atoms. The number of amides is 1. The molecular weight excluding hydrogens is 285 g/mol. The molecular formula is C14H17ClFNO3. The molecule has 1 amide bonds. The molecule has 1 aromatic carbocycles. The van der Waals surface area contributed by atoms with Crippen molar-refractivity contribution >= 4 is 23.5 Å². The van der Waals surface area contributed by atoms with Crippen LogP contribution in [-0.2, 0) is 9.53 Å². The molecule has 0 saturated carbocycles. The van der Waals surface area contributed by atoms with E-state index in [1.54, 1.807) is 6.92 Å². The third-order valence-electron chi connectivity index (χ3n) is 2.57. The van der Waals surface area contributed by atoms with Gasteiger partial charge in [-0.3, -0.25) is 9.59 Å².